The third-order valence-electron chi connectivity index (χ3n) is 5.28. The van der Waals surface area contributed by atoms with Gasteiger partial charge < -0.3 is 15.1 Å². The number of hydrogen-bond donors (Lipinski definition) is 1. The molecule has 2 aliphatic rings. The molecule has 26 heavy (non-hydrogen) atoms. The molecule has 0 aromatic carbocycles. The van der Waals surface area contributed by atoms with Crippen molar-refractivity contribution in [2.24, 2.45) is 5.41 Å². The summed E-state index contributed by atoms with van der Waals surface area (Å²) in [7, 11) is 1.66. The van der Waals surface area contributed by atoms with Crippen LogP contribution in [0.1, 0.15) is 12.8 Å². The first-order chi connectivity index (χ1) is 12.6. The molecule has 4 heterocycles. The van der Waals surface area contributed by atoms with Crippen molar-refractivity contribution in [2.75, 3.05) is 36.5 Å². The number of rotatable bonds is 3. The maximum absolute atomic E-state index is 13.2. The zero-order valence-electron chi connectivity index (χ0n) is 14.5. The first-order valence-corrected chi connectivity index (χ1v) is 8.62. The van der Waals surface area contributed by atoms with Crippen LogP contribution in [0.5, 0.6) is 0 Å². The Balaban J connectivity index is 1.71. The van der Waals surface area contributed by atoms with E-state index in [2.05, 4.69) is 30.2 Å². The fourth-order valence-electron chi connectivity index (χ4n) is 4.14. The Labute approximate surface area is 150 Å². The summed E-state index contributed by atoms with van der Waals surface area (Å²) in [5, 5.41) is 2.82. The molecular formula is C17H20FN7O. The smallest absolute Gasteiger partial charge is 0.229 e. The zero-order valence-corrected chi connectivity index (χ0v) is 14.5. The van der Waals surface area contributed by atoms with Gasteiger partial charge in [0.25, 0.3) is 0 Å². The summed E-state index contributed by atoms with van der Waals surface area (Å²) in [6, 6.07) is 1.67. The van der Waals surface area contributed by atoms with Crippen molar-refractivity contribution >= 4 is 17.8 Å². The number of halogens is 1. The van der Waals surface area contributed by atoms with Gasteiger partial charge in [-0.15, -0.1) is 0 Å². The number of fused-ring (bicyclic) bond motifs is 1. The van der Waals surface area contributed by atoms with Crippen molar-refractivity contribution in [3.8, 4) is 0 Å². The molecule has 2 saturated heterocycles. The number of carbonyl (C=O) groups excluding carboxylic acids is 1. The molecule has 1 N–H and O–H groups in total. The monoisotopic (exact) mass is 357 g/mol. The number of nitrogens with zero attached hydrogens (tertiary/aromatic N) is 6. The molecule has 0 aliphatic carbocycles. The van der Waals surface area contributed by atoms with Crippen molar-refractivity contribution in [1.29, 1.82) is 0 Å². The number of hydrogen-bond acceptors (Lipinski definition) is 7. The minimum Gasteiger partial charge on any atom is -0.359 e. The summed E-state index contributed by atoms with van der Waals surface area (Å²) in [6.07, 6.45) is 7.32. The Hall–Kier alpha value is -2.84. The van der Waals surface area contributed by atoms with Gasteiger partial charge in [-0.05, 0) is 18.9 Å². The molecule has 1 amide bonds. The average molecular weight is 357 g/mol. The lowest BCUT2D eigenvalue weighted by molar-refractivity contribution is -0.131. The van der Waals surface area contributed by atoms with Crippen molar-refractivity contribution in [3.05, 3.63) is 36.7 Å². The van der Waals surface area contributed by atoms with Gasteiger partial charge in [0.2, 0.25) is 17.8 Å². The van der Waals surface area contributed by atoms with E-state index in [1.54, 1.807) is 25.5 Å². The number of nitrogens with one attached hydrogen (secondary N) is 1. The molecule has 2 aliphatic heterocycles. The molecule has 2 atom stereocenters. The second-order valence-electron chi connectivity index (χ2n) is 6.68. The predicted molar refractivity (Wildman–Crippen MR) is 93.1 cm³/mol. The number of aromatic nitrogens is 4. The summed E-state index contributed by atoms with van der Waals surface area (Å²) in [6.45, 7) is 1.81. The quantitative estimate of drug-likeness (QED) is 0.862. The van der Waals surface area contributed by atoms with Gasteiger partial charge in [0, 0.05) is 39.1 Å². The highest BCUT2D eigenvalue weighted by Crippen LogP contribution is 2.43. The fourth-order valence-corrected chi connectivity index (χ4v) is 4.14. The van der Waals surface area contributed by atoms with Gasteiger partial charge >= 0.3 is 0 Å². The third kappa shape index (κ3) is 2.63. The van der Waals surface area contributed by atoms with Gasteiger partial charge in [-0.3, -0.25) is 4.79 Å². The average Bonchev–Trinajstić information content (AvgIpc) is 3.09. The lowest BCUT2D eigenvalue weighted by Gasteiger charge is -2.43. The van der Waals surface area contributed by atoms with Crippen LogP contribution in [0.25, 0.3) is 0 Å². The van der Waals surface area contributed by atoms with Gasteiger partial charge in [0.15, 0.2) is 5.82 Å². The van der Waals surface area contributed by atoms with Crippen LogP contribution >= 0.6 is 0 Å². The highest BCUT2D eigenvalue weighted by molar-refractivity contribution is 5.86. The molecular weight excluding hydrogens is 337 g/mol. The van der Waals surface area contributed by atoms with Gasteiger partial charge in [-0.25, -0.2) is 24.3 Å². The van der Waals surface area contributed by atoms with Gasteiger partial charge in [-0.1, -0.05) is 0 Å². The molecule has 0 radical (unpaired) electrons. The van der Waals surface area contributed by atoms with Crippen molar-refractivity contribution in [2.45, 2.75) is 18.9 Å². The minimum absolute atomic E-state index is 0.00672. The SMILES string of the molecule is CNC(=O)[C@]12CCCN(c3ncccn3)[C@H]1CN(c1ncc(F)cn1)C2. The zero-order chi connectivity index (χ0) is 18.1. The van der Waals surface area contributed by atoms with Crippen LogP contribution in [0.15, 0.2) is 30.9 Å². The van der Waals surface area contributed by atoms with E-state index in [4.69, 9.17) is 0 Å². The Morgan fingerprint density at radius 2 is 1.96 bits per heavy atom. The third-order valence-corrected chi connectivity index (χ3v) is 5.28. The largest absolute Gasteiger partial charge is 0.359 e. The predicted octanol–water partition coefficient (Wildman–Crippen LogP) is 0.627. The normalized spacial score (nSPS) is 25.1. The van der Waals surface area contributed by atoms with Crippen LogP contribution in [-0.2, 0) is 4.79 Å². The van der Waals surface area contributed by atoms with Crippen LogP contribution < -0.4 is 15.1 Å². The lowest BCUT2D eigenvalue weighted by Crippen LogP contribution is -2.58. The highest BCUT2D eigenvalue weighted by Gasteiger charge is 2.56. The molecule has 0 spiro atoms. The second-order valence-corrected chi connectivity index (χ2v) is 6.68. The Bertz CT molecular complexity index is 787. The van der Waals surface area contributed by atoms with E-state index in [9.17, 15) is 9.18 Å². The summed E-state index contributed by atoms with van der Waals surface area (Å²) in [4.78, 5) is 33.8. The van der Waals surface area contributed by atoms with Crippen LogP contribution in [0.4, 0.5) is 16.3 Å². The Morgan fingerprint density at radius 3 is 2.65 bits per heavy atom. The highest BCUT2D eigenvalue weighted by atomic mass is 19.1. The first kappa shape index (κ1) is 16.6. The van der Waals surface area contributed by atoms with Gasteiger partial charge in [0.05, 0.1) is 23.9 Å². The molecule has 9 heteroatoms. The first-order valence-electron chi connectivity index (χ1n) is 8.62. The molecule has 0 saturated carbocycles. The molecule has 2 fully saturated rings. The molecule has 0 bridgehead atoms. The molecule has 2 aromatic rings. The number of amides is 1. The summed E-state index contributed by atoms with van der Waals surface area (Å²) in [5.74, 6) is 0.559. The van der Waals surface area contributed by atoms with Crippen molar-refractivity contribution < 1.29 is 9.18 Å². The van der Waals surface area contributed by atoms with Crippen LogP contribution in [0.3, 0.4) is 0 Å². The van der Waals surface area contributed by atoms with Gasteiger partial charge in [0.1, 0.15) is 0 Å². The summed E-state index contributed by atoms with van der Waals surface area (Å²) >= 11 is 0. The number of piperidine rings is 1. The minimum atomic E-state index is -0.607. The van der Waals surface area contributed by atoms with E-state index in [-0.39, 0.29) is 11.9 Å². The number of anilines is 2. The topological polar surface area (TPSA) is 87.1 Å². The maximum Gasteiger partial charge on any atom is 0.229 e. The van der Waals surface area contributed by atoms with Gasteiger partial charge in [-0.2, -0.15) is 0 Å². The van der Waals surface area contributed by atoms with Crippen molar-refractivity contribution in [1.82, 2.24) is 25.3 Å². The van der Waals surface area contributed by atoms with E-state index in [0.717, 1.165) is 31.8 Å². The number of carbonyl (C=O) groups is 1. The van der Waals surface area contributed by atoms with Crippen molar-refractivity contribution in [3.63, 3.8) is 0 Å². The second kappa shape index (κ2) is 6.47. The van der Waals surface area contributed by atoms with E-state index in [1.165, 1.54) is 0 Å². The molecule has 2 aromatic heterocycles. The van der Waals surface area contributed by atoms with E-state index in [1.807, 2.05) is 4.90 Å². The summed E-state index contributed by atoms with van der Waals surface area (Å²) in [5.41, 5.74) is -0.607. The Morgan fingerprint density at radius 1 is 1.23 bits per heavy atom. The molecule has 8 nitrogen and oxygen atoms in total. The fraction of sp³-hybridized carbons (Fsp3) is 0.471. The van der Waals surface area contributed by atoms with E-state index in [0.29, 0.717) is 25.0 Å². The standard InChI is InChI=1S/C17H20FN7O/c1-19-14(26)17-4-2-7-25(16-20-5-3-6-21-16)13(17)10-24(11-17)15-22-8-12(18)9-23-15/h3,5-6,8-9,13H,2,4,7,10-11H2,1H3,(H,19,26)/t13-,17-/m0/s1. The van der Waals surface area contributed by atoms with Crippen LogP contribution in [-0.4, -0.2) is 58.6 Å². The van der Waals surface area contributed by atoms with E-state index >= 15 is 0 Å². The molecule has 136 valence electrons. The summed E-state index contributed by atoms with van der Waals surface area (Å²) < 4.78 is 13.2. The van der Waals surface area contributed by atoms with Crippen LogP contribution in [0.2, 0.25) is 0 Å². The maximum atomic E-state index is 13.2. The lowest BCUT2D eigenvalue weighted by atomic mass is 9.74. The van der Waals surface area contributed by atoms with E-state index < -0.39 is 11.2 Å². The Kier molecular flexibility index (Phi) is 4.14. The molecule has 0 unspecified atom stereocenters. The van der Waals surface area contributed by atoms with Crippen LogP contribution in [0, 0.1) is 11.2 Å². The molecule has 4 rings (SSSR count).